The standard InChI is InChI=1S/C15H20N2O6S/c1-22-14(18)13(16-15(19)17-6-8-23-9-7-17)10-11-2-4-12(5-3-11)24(20)21/h2-4,13H,5-10H2,1H3,(H,16,19)/t13-/m0/s1. The zero-order chi connectivity index (χ0) is 17.5. The van der Waals surface area contributed by atoms with Crippen LogP contribution in [-0.2, 0) is 24.6 Å². The molecule has 1 atom stereocenters. The Kier molecular flexibility index (Phi) is 6.56. The predicted octanol–water partition coefficient (Wildman–Crippen LogP) is -0.102. The third-order valence-electron chi connectivity index (χ3n) is 3.78. The van der Waals surface area contributed by atoms with Gasteiger partial charge in [0.2, 0.25) is 10.3 Å². The Labute approximate surface area is 141 Å². The van der Waals surface area contributed by atoms with E-state index in [1.165, 1.54) is 13.2 Å². The van der Waals surface area contributed by atoms with Gasteiger partial charge in [-0.15, -0.1) is 0 Å². The summed E-state index contributed by atoms with van der Waals surface area (Å²) in [5.74, 6) is -0.548. The molecule has 0 unspecified atom stereocenters. The number of morpholine rings is 1. The van der Waals surface area contributed by atoms with Crippen molar-refractivity contribution in [1.29, 1.82) is 0 Å². The van der Waals surface area contributed by atoms with Gasteiger partial charge in [-0.25, -0.2) is 9.59 Å². The minimum Gasteiger partial charge on any atom is -0.467 e. The number of urea groups is 1. The molecule has 1 heterocycles. The van der Waals surface area contributed by atoms with Gasteiger partial charge in [0.1, 0.15) is 6.04 Å². The van der Waals surface area contributed by atoms with Crippen LogP contribution in [0.2, 0.25) is 0 Å². The molecule has 1 aliphatic heterocycles. The van der Waals surface area contributed by atoms with Crippen LogP contribution >= 0.6 is 0 Å². The molecule has 0 aromatic rings. The highest BCUT2D eigenvalue weighted by Gasteiger charge is 2.26. The van der Waals surface area contributed by atoms with Gasteiger partial charge in [0.15, 0.2) is 0 Å². The minimum atomic E-state index is -2.25. The second kappa shape index (κ2) is 8.65. The Balaban J connectivity index is 2.01. The highest BCUT2D eigenvalue weighted by Crippen LogP contribution is 2.15. The van der Waals surface area contributed by atoms with E-state index in [2.05, 4.69) is 5.32 Å². The predicted molar refractivity (Wildman–Crippen MR) is 87.1 cm³/mol. The Morgan fingerprint density at radius 1 is 1.33 bits per heavy atom. The molecule has 1 aliphatic carbocycles. The Morgan fingerprint density at radius 3 is 2.58 bits per heavy atom. The van der Waals surface area contributed by atoms with Crippen molar-refractivity contribution in [2.24, 2.45) is 0 Å². The molecule has 2 aliphatic rings. The van der Waals surface area contributed by atoms with E-state index in [0.717, 1.165) is 5.57 Å². The molecule has 0 bridgehead atoms. The van der Waals surface area contributed by atoms with E-state index in [1.54, 1.807) is 17.1 Å². The Bertz CT molecular complexity index is 681. The molecule has 24 heavy (non-hydrogen) atoms. The van der Waals surface area contributed by atoms with E-state index in [9.17, 15) is 18.0 Å². The van der Waals surface area contributed by atoms with Gasteiger partial charge in [0.25, 0.3) is 0 Å². The molecule has 1 fully saturated rings. The number of rotatable bonds is 4. The van der Waals surface area contributed by atoms with Crippen molar-refractivity contribution in [2.45, 2.75) is 18.9 Å². The number of amides is 2. The molecule has 9 heteroatoms. The minimum absolute atomic E-state index is 0.234. The first-order chi connectivity index (χ1) is 11.5. The lowest BCUT2D eigenvalue weighted by atomic mass is 10.00. The summed E-state index contributed by atoms with van der Waals surface area (Å²) < 4.78 is 31.7. The summed E-state index contributed by atoms with van der Waals surface area (Å²) >= 11 is 0. The number of carbonyl (C=O) groups excluding carboxylic acids is 2. The summed E-state index contributed by atoms with van der Waals surface area (Å²) in [6.45, 7) is 1.87. The van der Waals surface area contributed by atoms with Crippen molar-refractivity contribution in [1.82, 2.24) is 10.2 Å². The van der Waals surface area contributed by atoms with Crippen molar-refractivity contribution in [2.75, 3.05) is 33.4 Å². The second-order valence-corrected chi connectivity index (χ2v) is 6.34. The molecule has 0 saturated carbocycles. The van der Waals surface area contributed by atoms with Gasteiger partial charge in [-0.3, -0.25) is 0 Å². The third kappa shape index (κ3) is 4.93. The summed E-state index contributed by atoms with van der Waals surface area (Å²) in [5, 5.41) is 2.67. The maximum Gasteiger partial charge on any atom is 0.328 e. The zero-order valence-electron chi connectivity index (χ0n) is 13.4. The number of methoxy groups -OCH3 is 1. The number of esters is 1. The van der Waals surface area contributed by atoms with Gasteiger partial charge in [-0.2, -0.15) is 8.42 Å². The zero-order valence-corrected chi connectivity index (χ0v) is 14.2. The number of nitrogens with zero attached hydrogens (tertiary/aromatic N) is 1. The molecule has 0 aromatic carbocycles. The monoisotopic (exact) mass is 356 g/mol. The summed E-state index contributed by atoms with van der Waals surface area (Å²) in [5.41, 5.74) is 0.766. The van der Waals surface area contributed by atoms with Crippen molar-refractivity contribution in [3.05, 3.63) is 23.8 Å². The number of carbonyl (C=O) groups is 2. The van der Waals surface area contributed by atoms with E-state index >= 15 is 0 Å². The smallest absolute Gasteiger partial charge is 0.328 e. The van der Waals surface area contributed by atoms with Crippen LogP contribution < -0.4 is 5.32 Å². The average Bonchev–Trinajstić information content (AvgIpc) is 2.61. The van der Waals surface area contributed by atoms with Crippen LogP contribution in [0.4, 0.5) is 4.79 Å². The van der Waals surface area contributed by atoms with Crippen LogP contribution in [0.3, 0.4) is 0 Å². The molecule has 0 aromatic heterocycles. The highest BCUT2D eigenvalue weighted by molar-refractivity contribution is 7.73. The van der Waals surface area contributed by atoms with Gasteiger partial charge in [-0.05, 0) is 11.6 Å². The van der Waals surface area contributed by atoms with Crippen LogP contribution in [0.5, 0.6) is 0 Å². The Hall–Kier alpha value is -2.13. The van der Waals surface area contributed by atoms with E-state index in [0.29, 0.717) is 26.3 Å². The Morgan fingerprint density at radius 2 is 2.04 bits per heavy atom. The van der Waals surface area contributed by atoms with Gasteiger partial charge >= 0.3 is 12.0 Å². The number of hydrogen-bond donors (Lipinski definition) is 1. The van der Waals surface area contributed by atoms with Crippen LogP contribution in [0.25, 0.3) is 0 Å². The lowest BCUT2D eigenvalue weighted by molar-refractivity contribution is -0.142. The molecule has 2 rings (SSSR count). The summed E-state index contributed by atoms with van der Waals surface area (Å²) in [7, 11) is -0.989. The van der Waals surface area contributed by atoms with Crippen LogP contribution in [-0.4, -0.2) is 69.6 Å². The first-order valence-corrected chi connectivity index (χ1v) is 8.62. The summed E-state index contributed by atoms with van der Waals surface area (Å²) in [6, 6.07) is -1.18. The molecule has 0 spiro atoms. The maximum absolute atomic E-state index is 12.2. The number of allylic oxidation sites excluding steroid dienone is 3. The van der Waals surface area contributed by atoms with E-state index in [-0.39, 0.29) is 23.7 Å². The maximum atomic E-state index is 12.2. The summed E-state index contributed by atoms with van der Waals surface area (Å²) in [6.07, 6.45) is 5.36. The molecule has 1 saturated heterocycles. The number of hydrogen-bond acceptors (Lipinski definition) is 6. The first kappa shape index (κ1) is 18.2. The lowest BCUT2D eigenvalue weighted by Gasteiger charge is -2.28. The van der Waals surface area contributed by atoms with Crippen LogP contribution in [0.1, 0.15) is 12.8 Å². The highest BCUT2D eigenvalue weighted by atomic mass is 32.2. The number of ether oxygens (including phenoxy) is 2. The van der Waals surface area contributed by atoms with Crippen LogP contribution in [0.15, 0.2) is 23.8 Å². The lowest BCUT2D eigenvalue weighted by Crippen LogP contribution is -2.51. The molecule has 8 nitrogen and oxygen atoms in total. The average molecular weight is 356 g/mol. The van der Waals surface area contributed by atoms with Crippen molar-refractivity contribution < 1.29 is 27.5 Å². The van der Waals surface area contributed by atoms with Gasteiger partial charge in [0.05, 0.1) is 25.2 Å². The molecular weight excluding hydrogens is 336 g/mol. The normalized spacial score (nSPS) is 18.6. The summed E-state index contributed by atoms with van der Waals surface area (Å²) in [4.78, 5) is 26.0. The topological polar surface area (TPSA) is 102 Å². The quantitative estimate of drug-likeness (QED) is 0.557. The van der Waals surface area contributed by atoms with E-state index in [4.69, 9.17) is 9.47 Å². The van der Waals surface area contributed by atoms with E-state index < -0.39 is 22.3 Å². The third-order valence-corrected chi connectivity index (χ3v) is 4.52. The van der Waals surface area contributed by atoms with Crippen molar-refractivity contribution in [3.63, 3.8) is 0 Å². The fraction of sp³-hybridized carbons (Fsp3) is 0.533. The van der Waals surface area contributed by atoms with Crippen LogP contribution in [0, 0.1) is 0 Å². The molecule has 1 N–H and O–H groups in total. The van der Waals surface area contributed by atoms with Gasteiger partial charge in [-0.1, -0.05) is 12.2 Å². The molecule has 132 valence electrons. The van der Waals surface area contributed by atoms with Crippen molar-refractivity contribution >= 4 is 27.2 Å². The molecule has 2 amide bonds. The molecular formula is C15H20N2O6S. The van der Waals surface area contributed by atoms with Gasteiger partial charge < -0.3 is 19.7 Å². The van der Waals surface area contributed by atoms with Gasteiger partial charge in [0, 0.05) is 25.9 Å². The molecule has 0 radical (unpaired) electrons. The second-order valence-electron chi connectivity index (χ2n) is 5.35. The fourth-order valence-electron chi connectivity index (χ4n) is 2.42. The fourth-order valence-corrected chi connectivity index (χ4v) is 2.82. The SMILES string of the molecule is COC(=O)[C@H](CC1=CCC(=S(=O)=O)C=C1)NC(=O)N1CCOCC1. The van der Waals surface area contributed by atoms with Crippen molar-refractivity contribution in [3.8, 4) is 0 Å². The number of nitrogens with one attached hydrogen (secondary N) is 1. The first-order valence-electron chi connectivity index (χ1n) is 7.54. The largest absolute Gasteiger partial charge is 0.467 e. The van der Waals surface area contributed by atoms with E-state index in [1.807, 2.05) is 0 Å².